The van der Waals surface area contributed by atoms with Crippen LogP contribution in [0.2, 0.25) is 0 Å². The lowest BCUT2D eigenvalue weighted by molar-refractivity contribution is -0.147. The van der Waals surface area contributed by atoms with E-state index in [9.17, 15) is 14.7 Å². The van der Waals surface area contributed by atoms with Crippen LogP contribution in [0.15, 0.2) is 0 Å². The lowest BCUT2D eigenvalue weighted by Gasteiger charge is -2.37. The van der Waals surface area contributed by atoms with Crippen molar-refractivity contribution in [1.82, 2.24) is 9.80 Å². The summed E-state index contributed by atoms with van der Waals surface area (Å²) in [6.07, 6.45) is 7.16. The second kappa shape index (κ2) is 8.73. The molecular weight excluding hydrogens is 304 g/mol. The molecule has 1 amide bonds. The van der Waals surface area contributed by atoms with Gasteiger partial charge in [0.1, 0.15) is 6.04 Å². The van der Waals surface area contributed by atoms with E-state index >= 15 is 0 Å². The molecule has 5 nitrogen and oxygen atoms in total. The minimum Gasteiger partial charge on any atom is -0.480 e. The number of carbonyl (C=O) groups excluding carboxylic acids is 1. The number of carboxylic acid groups (broad SMARTS) is 1. The number of rotatable bonds is 5. The number of hydrogen-bond donors (Lipinski definition) is 1. The average Bonchev–Trinajstić information content (AvgIpc) is 2.92. The van der Waals surface area contributed by atoms with Crippen LogP contribution < -0.4 is 0 Å². The summed E-state index contributed by atoms with van der Waals surface area (Å²) in [4.78, 5) is 27.9. The number of likely N-dealkylation sites (tertiary alicyclic amines) is 1. The van der Waals surface area contributed by atoms with E-state index in [1.54, 1.807) is 0 Å². The molecule has 1 unspecified atom stereocenters. The normalized spacial score (nSPS) is 23.3. The van der Waals surface area contributed by atoms with Gasteiger partial charge in [-0.1, -0.05) is 19.3 Å². The van der Waals surface area contributed by atoms with Gasteiger partial charge in [0, 0.05) is 12.1 Å². The summed E-state index contributed by atoms with van der Waals surface area (Å²) in [5.41, 5.74) is 0. The summed E-state index contributed by atoms with van der Waals surface area (Å²) in [5.74, 6) is -0.690. The van der Waals surface area contributed by atoms with Gasteiger partial charge in [-0.3, -0.25) is 14.5 Å². The standard InChI is InChI=1S/C16H28N2O3.ClH/c1-12(2)18(13-7-3-4-8-13)15(19)11-17-10-6-5-9-14(17)16(20)21;/h12-14H,3-11H2,1-2H3,(H,20,21);1H. The fraction of sp³-hybridized carbons (Fsp3) is 0.875. The van der Waals surface area contributed by atoms with Gasteiger partial charge in [-0.05, 0) is 46.1 Å². The van der Waals surface area contributed by atoms with Crippen molar-refractivity contribution in [3.63, 3.8) is 0 Å². The number of carboxylic acids is 1. The van der Waals surface area contributed by atoms with Crippen LogP contribution in [0.4, 0.5) is 0 Å². The second-order valence-electron chi connectivity index (χ2n) is 6.65. The third-order valence-electron chi connectivity index (χ3n) is 4.80. The Morgan fingerprint density at radius 3 is 2.27 bits per heavy atom. The molecule has 0 bridgehead atoms. The number of aliphatic carboxylic acids is 1. The molecule has 2 aliphatic rings. The van der Waals surface area contributed by atoms with Crippen LogP contribution in [0.1, 0.15) is 58.8 Å². The van der Waals surface area contributed by atoms with Gasteiger partial charge >= 0.3 is 5.97 Å². The monoisotopic (exact) mass is 332 g/mol. The van der Waals surface area contributed by atoms with E-state index in [2.05, 4.69) is 13.8 Å². The molecule has 0 spiro atoms. The number of hydrogen-bond acceptors (Lipinski definition) is 3. The third-order valence-corrected chi connectivity index (χ3v) is 4.80. The van der Waals surface area contributed by atoms with E-state index in [0.717, 1.165) is 32.2 Å². The Labute approximate surface area is 139 Å². The van der Waals surface area contributed by atoms with E-state index in [0.29, 0.717) is 12.5 Å². The molecule has 0 aromatic heterocycles. The van der Waals surface area contributed by atoms with E-state index < -0.39 is 12.0 Å². The van der Waals surface area contributed by atoms with Crippen molar-refractivity contribution in [1.29, 1.82) is 0 Å². The molecule has 0 radical (unpaired) electrons. The van der Waals surface area contributed by atoms with Gasteiger partial charge in [0.25, 0.3) is 0 Å². The summed E-state index contributed by atoms with van der Waals surface area (Å²) in [7, 11) is 0. The van der Waals surface area contributed by atoms with Gasteiger partial charge < -0.3 is 10.0 Å². The molecular formula is C16H29ClN2O3. The van der Waals surface area contributed by atoms with Crippen molar-refractivity contribution >= 4 is 24.3 Å². The highest BCUT2D eigenvalue weighted by Crippen LogP contribution is 2.26. The first-order valence-corrected chi connectivity index (χ1v) is 8.28. The average molecular weight is 333 g/mol. The van der Waals surface area contributed by atoms with Crippen molar-refractivity contribution in [3.8, 4) is 0 Å². The number of amides is 1. The van der Waals surface area contributed by atoms with Crippen molar-refractivity contribution < 1.29 is 14.7 Å². The van der Waals surface area contributed by atoms with Gasteiger partial charge in [-0.15, -0.1) is 12.4 Å². The van der Waals surface area contributed by atoms with E-state index in [4.69, 9.17) is 0 Å². The van der Waals surface area contributed by atoms with Gasteiger partial charge in [-0.25, -0.2) is 0 Å². The predicted octanol–water partition coefficient (Wildman–Crippen LogP) is 2.53. The number of carbonyl (C=O) groups is 2. The van der Waals surface area contributed by atoms with Crippen molar-refractivity contribution in [2.45, 2.75) is 76.9 Å². The topological polar surface area (TPSA) is 60.9 Å². The summed E-state index contributed by atoms with van der Waals surface area (Å²) < 4.78 is 0. The smallest absolute Gasteiger partial charge is 0.320 e. The van der Waals surface area contributed by atoms with Crippen LogP contribution in [-0.4, -0.2) is 58.0 Å². The number of piperidine rings is 1. The quantitative estimate of drug-likeness (QED) is 0.840. The molecule has 6 heteroatoms. The molecule has 0 aromatic rings. The zero-order valence-corrected chi connectivity index (χ0v) is 14.5. The number of halogens is 1. The predicted molar refractivity (Wildman–Crippen MR) is 88.3 cm³/mol. The highest BCUT2D eigenvalue weighted by molar-refractivity contribution is 5.85. The SMILES string of the molecule is CC(C)N(C(=O)CN1CCCCC1C(=O)O)C1CCCC1.Cl. The molecule has 1 saturated carbocycles. The Hall–Kier alpha value is -0.810. The third kappa shape index (κ3) is 4.59. The highest BCUT2D eigenvalue weighted by atomic mass is 35.5. The van der Waals surface area contributed by atoms with Crippen LogP contribution in [0, 0.1) is 0 Å². The van der Waals surface area contributed by atoms with Crippen LogP contribution in [-0.2, 0) is 9.59 Å². The maximum atomic E-state index is 12.7. The molecule has 128 valence electrons. The van der Waals surface area contributed by atoms with E-state index in [1.807, 2.05) is 9.80 Å². The van der Waals surface area contributed by atoms with Crippen LogP contribution in [0.3, 0.4) is 0 Å². The Morgan fingerprint density at radius 2 is 1.73 bits per heavy atom. The highest BCUT2D eigenvalue weighted by Gasteiger charge is 2.34. The van der Waals surface area contributed by atoms with Crippen LogP contribution in [0.5, 0.6) is 0 Å². The molecule has 1 heterocycles. The first kappa shape index (κ1) is 19.2. The molecule has 2 rings (SSSR count). The lowest BCUT2D eigenvalue weighted by Crippen LogP contribution is -2.52. The first-order valence-electron chi connectivity index (χ1n) is 8.28. The summed E-state index contributed by atoms with van der Waals surface area (Å²) >= 11 is 0. The van der Waals surface area contributed by atoms with Gasteiger partial charge in [0.15, 0.2) is 0 Å². The molecule has 22 heavy (non-hydrogen) atoms. The molecule has 1 aliphatic heterocycles. The van der Waals surface area contributed by atoms with Crippen LogP contribution >= 0.6 is 12.4 Å². The Kier molecular flexibility index (Phi) is 7.63. The van der Waals surface area contributed by atoms with Crippen molar-refractivity contribution in [2.24, 2.45) is 0 Å². The molecule has 0 aromatic carbocycles. The fourth-order valence-electron chi connectivity index (χ4n) is 3.81. The Morgan fingerprint density at radius 1 is 1.14 bits per heavy atom. The molecule has 1 saturated heterocycles. The fourth-order valence-corrected chi connectivity index (χ4v) is 3.81. The molecule has 1 atom stereocenters. The molecule has 1 N–H and O–H groups in total. The molecule has 2 fully saturated rings. The van der Waals surface area contributed by atoms with E-state index in [-0.39, 0.29) is 30.9 Å². The number of nitrogens with zero attached hydrogens (tertiary/aromatic N) is 2. The van der Waals surface area contributed by atoms with Gasteiger partial charge in [0.05, 0.1) is 6.54 Å². The maximum absolute atomic E-state index is 12.7. The van der Waals surface area contributed by atoms with Crippen LogP contribution in [0.25, 0.3) is 0 Å². The van der Waals surface area contributed by atoms with Crippen molar-refractivity contribution in [2.75, 3.05) is 13.1 Å². The first-order chi connectivity index (χ1) is 10.0. The Balaban J connectivity index is 0.00000242. The summed E-state index contributed by atoms with van der Waals surface area (Å²) in [6, 6.07) is 0.0551. The summed E-state index contributed by atoms with van der Waals surface area (Å²) in [5, 5.41) is 9.31. The minimum atomic E-state index is -0.792. The largest absolute Gasteiger partial charge is 0.480 e. The second-order valence-corrected chi connectivity index (χ2v) is 6.65. The Bertz CT molecular complexity index is 384. The zero-order valence-electron chi connectivity index (χ0n) is 13.7. The lowest BCUT2D eigenvalue weighted by atomic mass is 10.0. The van der Waals surface area contributed by atoms with Crippen molar-refractivity contribution in [3.05, 3.63) is 0 Å². The van der Waals surface area contributed by atoms with E-state index in [1.165, 1.54) is 12.8 Å². The summed E-state index contributed by atoms with van der Waals surface area (Å²) in [6.45, 7) is 5.09. The van der Waals surface area contributed by atoms with Gasteiger partial charge in [-0.2, -0.15) is 0 Å². The minimum absolute atomic E-state index is 0. The van der Waals surface area contributed by atoms with Gasteiger partial charge in [0.2, 0.25) is 5.91 Å². The molecule has 1 aliphatic carbocycles. The maximum Gasteiger partial charge on any atom is 0.320 e. The zero-order chi connectivity index (χ0) is 15.4.